The fourth-order valence-corrected chi connectivity index (χ4v) is 2.58. The molecule has 1 aliphatic heterocycles. The van der Waals surface area contributed by atoms with Gasteiger partial charge in [-0.15, -0.1) is 12.4 Å². The second-order valence-electron chi connectivity index (χ2n) is 6.32. The van der Waals surface area contributed by atoms with Gasteiger partial charge in [0.1, 0.15) is 5.75 Å². The molecule has 0 spiro atoms. The molecule has 0 aliphatic carbocycles. The second-order valence-corrected chi connectivity index (χ2v) is 6.32. The number of benzene rings is 1. The average molecular weight is 356 g/mol. The highest BCUT2D eigenvalue weighted by Crippen LogP contribution is 2.26. The second kappa shape index (κ2) is 9.49. The quantitative estimate of drug-likeness (QED) is 0.690. The summed E-state index contributed by atoms with van der Waals surface area (Å²) in [6, 6.07) is 6.56. The van der Waals surface area contributed by atoms with Gasteiger partial charge >= 0.3 is 0 Å². The van der Waals surface area contributed by atoms with Crippen LogP contribution in [-0.2, 0) is 4.79 Å². The highest BCUT2D eigenvalue weighted by atomic mass is 35.5. The van der Waals surface area contributed by atoms with Crippen molar-refractivity contribution in [1.82, 2.24) is 10.6 Å². The van der Waals surface area contributed by atoms with Gasteiger partial charge in [0.2, 0.25) is 11.8 Å². The number of hydrogen-bond donors (Lipinski definition) is 3. The largest absolute Gasteiger partial charge is 0.493 e. The Labute approximate surface area is 148 Å². The Morgan fingerprint density at radius 3 is 2.46 bits per heavy atom. The van der Waals surface area contributed by atoms with Crippen LogP contribution < -0.4 is 21.1 Å². The summed E-state index contributed by atoms with van der Waals surface area (Å²) in [5.41, 5.74) is 5.79. The summed E-state index contributed by atoms with van der Waals surface area (Å²) in [5.74, 6) is 0.147. The molecule has 0 unspecified atom stereocenters. The van der Waals surface area contributed by atoms with Crippen molar-refractivity contribution in [2.75, 3.05) is 26.2 Å². The van der Waals surface area contributed by atoms with Gasteiger partial charge < -0.3 is 21.1 Å². The Morgan fingerprint density at radius 2 is 1.88 bits per heavy atom. The van der Waals surface area contributed by atoms with Crippen LogP contribution in [0.5, 0.6) is 5.75 Å². The van der Waals surface area contributed by atoms with Gasteiger partial charge in [0.15, 0.2) is 0 Å². The summed E-state index contributed by atoms with van der Waals surface area (Å²) in [7, 11) is 0. The smallest absolute Gasteiger partial charge is 0.248 e. The summed E-state index contributed by atoms with van der Waals surface area (Å²) < 4.78 is 5.51. The van der Waals surface area contributed by atoms with E-state index in [9.17, 15) is 9.59 Å². The molecular weight excluding hydrogens is 330 g/mol. The van der Waals surface area contributed by atoms with E-state index in [4.69, 9.17) is 10.5 Å². The van der Waals surface area contributed by atoms with E-state index in [0.29, 0.717) is 30.9 Å². The molecule has 0 saturated carbocycles. The minimum absolute atomic E-state index is 0. The van der Waals surface area contributed by atoms with Crippen molar-refractivity contribution in [3.63, 3.8) is 0 Å². The van der Waals surface area contributed by atoms with Crippen LogP contribution in [0.2, 0.25) is 0 Å². The van der Waals surface area contributed by atoms with Crippen LogP contribution in [0.15, 0.2) is 24.3 Å². The van der Waals surface area contributed by atoms with Crippen LogP contribution in [0.4, 0.5) is 0 Å². The zero-order valence-electron chi connectivity index (χ0n) is 14.0. The van der Waals surface area contributed by atoms with Gasteiger partial charge in [-0.2, -0.15) is 0 Å². The van der Waals surface area contributed by atoms with Crippen molar-refractivity contribution in [3.8, 4) is 5.75 Å². The number of nitrogens with two attached hydrogens (primary N) is 1. The number of halogens is 1. The van der Waals surface area contributed by atoms with Gasteiger partial charge in [-0.1, -0.05) is 6.92 Å². The summed E-state index contributed by atoms with van der Waals surface area (Å²) >= 11 is 0. The molecule has 1 aromatic rings. The van der Waals surface area contributed by atoms with Gasteiger partial charge in [-0.05, 0) is 55.6 Å². The third-order valence-corrected chi connectivity index (χ3v) is 4.26. The molecule has 1 fully saturated rings. The van der Waals surface area contributed by atoms with Crippen molar-refractivity contribution in [1.29, 1.82) is 0 Å². The predicted molar refractivity (Wildman–Crippen MR) is 95.5 cm³/mol. The molecule has 7 heteroatoms. The maximum Gasteiger partial charge on any atom is 0.248 e. The number of amides is 2. The van der Waals surface area contributed by atoms with Gasteiger partial charge in [0.05, 0.1) is 13.0 Å². The highest BCUT2D eigenvalue weighted by Gasteiger charge is 2.26. The first kappa shape index (κ1) is 20.3. The zero-order valence-corrected chi connectivity index (χ0v) is 14.8. The Balaban J connectivity index is 0.00000288. The van der Waals surface area contributed by atoms with Crippen molar-refractivity contribution in [2.24, 2.45) is 11.1 Å². The first-order chi connectivity index (χ1) is 11.0. The van der Waals surface area contributed by atoms with Gasteiger partial charge in [-0.25, -0.2) is 0 Å². The van der Waals surface area contributed by atoms with Crippen molar-refractivity contribution >= 4 is 24.2 Å². The third kappa shape index (κ3) is 6.37. The SMILES string of the molecule is CC1(CNC(=O)CCOc2ccc(C(N)=O)cc2)CCNCC1.Cl. The zero-order chi connectivity index (χ0) is 16.7. The van der Waals surface area contributed by atoms with Crippen LogP contribution in [0.1, 0.15) is 36.5 Å². The van der Waals surface area contributed by atoms with E-state index in [1.807, 2.05) is 0 Å². The highest BCUT2D eigenvalue weighted by molar-refractivity contribution is 5.92. The summed E-state index contributed by atoms with van der Waals surface area (Å²) in [6.07, 6.45) is 2.47. The molecule has 0 atom stereocenters. The topological polar surface area (TPSA) is 93.4 Å². The number of rotatable bonds is 7. The lowest BCUT2D eigenvalue weighted by Gasteiger charge is -2.34. The Bertz CT molecular complexity index is 543. The maximum atomic E-state index is 11.9. The van der Waals surface area contributed by atoms with E-state index in [1.54, 1.807) is 24.3 Å². The number of carbonyl (C=O) groups is 2. The van der Waals surface area contributed by atoms with E-state index in [2.05, 4.69) is 17.6 Å². The molecule has 2 rings (SSSR count). The monoisotopic (exact) mass is 355 g/mol. The number of primary amides is 1. The summed E-state index contributed by atoms with van der Waals surface area (Å²) in [5, 5.41) is 6.32. The fraction of sp³-hybridized carbons (Fsp3) is 0.529. The minimum Gasteiger partial charge on any atom is -0.493 e. The van der Waals surface area contributed by atoms with Crippen LogP contribution in [0.3, 0.4) is 0 Å². The number of ether oxygens (including phenoxy) is 1. The summed E-state index contributed by atoms with van der Waals surface area (Å²) in [6.45, 7) is 5.25. The van der Waals surface area contributed by atoms with Crippen LogP contribution in [0.25, 0.3) is 0 Å². The number of carbonyl (C=O) groups excluding carboxylic acids is 2. The number of piperidine rings is 1. The Kier molecular flexibility index (Phi) is 8.01. The number of hydrogen-bond acceptors (Lipinski definition) is 4. The van der Waals surface area contributed by atoms with E-state index in [1.165, 1.54) is 0 Å². The minimum atomic E-state index is -0.470. The van der Waals surface area contributed by atoms with E-state index in [0.717, 1.165) is 25.9 Å². The van der Waals surface area contributed by atoms with E-state index >= 15 is 0 Å². The van der Waals surface area contributed by atoms with Gasteiger partial charge in [-0.3, -0.25) is 9.59 Å². The molecule has 1 aromatic carbocycles. The molecule has 0 aromatic heterocycles. The van der Waals surface area contributed by atoms with Gasteiger partial charge in [0, 0.05) is 12.1 Å². The normalized spacial score (nSPS) is 15.9. The number of nitrogens with one attached hydrogen (secondary N) is 2. The van der Waals surface area contributed by atoms with Crippen LogP contribution in [-0.4, -0.2) is 38.1 Å². The molecule has 0 radical (unpaired) electrons. The lowest BCUT2D eigenvalue weighted by molar-refractivity contribution is -0.122. The molecule has 2 amide bonds. The first-order valence-corrected chi connectivity index (χ1v) is 7.99. The van der Waals surface area contributed by atoms with Crippen molar-refractivity contribution < 1.29 is 14.3 Å². The lowest BCUT2D eigenvalue weighted by Crippen LogP contribution is -2.43. The van der Waals surface area contributed by atoms with E-state index in [-0.39, 0.29) is 23.7 Å². The maximum absolute atomic E-state index is 11.9. The molecule has 6 nitrogen and oxygen atoms in total. The van der Waals surface area contributed by atoms with Crippen LogP contribution >= 0.6 is 12.4 Å². The molecule has 0 bridgehead atoms. The molecule has 134 valence electrons. The standard InChI is InChI=1S/C17H25N3O3.ClH/c1-17(7-9-19-10-8-17)12-20-15(21)6-11-23-14-4-2-13(3-5-14)16(18)22;/h2-5,19H,6-12H2,1H3,(H2,18,22)(H,20,21);1H. The fourth-order valence-electron chi connectivity index (χ4n) is 2.58. The Hall–Kier alpha value is -1.79. The third-order valence-electron chi connectivity index (χ3n) is 4.26. The summed E-state index contributed by atoms with van der Waals surface area (Å²) in [4.78, 5) is 22.9. The molecule has 24 heavy (non-hydrogen) atoms. The molecule has 1 aliphatic rings. The first-order valence-electron chi connectivity index (χ1n) is 7.99. The predicted octanol–water partition coefficient (Wildman–Crippen LogP) is 1.48. The Morgan fingerprint density at radius 1 is 1.25 bits per heavy atom. The lowest BCUT2D eigenvalue weighted by atomic mass is 9.81. The molecule has 4 N–H and O–H groups in total. The molecule has 1 heterocycles. The van der Waals surface area contributed by atoms with Crippen molar-refractivity contribution in [2.45, 2.75) is 26.2 Å². The van der Waals surface area contributed by atoms with E-state index < -0.39 is 5.91 Å². The molecule has 1 saturated heterocycles. The molecular formula is C17H26ClN3O3. The van der Waals surface area contributed by atoms with Crippen molar-refractivity contribution in [3.05, 3.63) is 29.8 Å². The average Bonchev–Trinajstić information content (AvgIpc) is 2.54. The van der Waals surface area contributed by atoms with Crippen LogP contribution in [0, 0.1) is 5.41 Å². The van der Waals surface area contributed by atoms with Gasteiger partial charge in [0.25, 0.3) is 0 Å².